The van der Waals surface area contributed by atoms with E-state index in [0.29, 0.717) is 17.8 Å². The van der Waals surface area contributed by atoms with Crippen LogP contribution < -0.4 is 0 Å². The Morgan fingerprint density at radius 1 is 0.933 bits per heavy atom. The van der Waals surface area contributed by atoms with Crippen LogP contribution >= 0.6 is 0 Å². The van der Waals surface area contributed by atoms with E-state index in [2.05, 4.69) is 0 Å². The Morgan fingerprint density at radius 2 is 1.40 bits per heavy atom. The van der Waals surface area contributed by atoms with E-state index in [4.69, 9.17) is 9.47 Å². The topological polar surface area (TPSA) is 52.6 Å². The fourth-order valence-corrected chi connectivity index (χ4v) is 3.72. The van der Waals surface area contributed by atoms with Gasteiger partial charge >= 0.3 is 11.9 Å². The van der Waals surface area contributed by atoms with E-state index in [-0.39, 0.29) is 30.1 Å². The number of carbonyl (C=O) groups is 2. The molecule has 4 heteroatoms. The number of hydrogen-bond acceptors (Lipinski definition) is 4. The molecule has 2 unspecified atom stereocenters. The first-order chi connectivity index (χ1) is 7.09. The largest absolute Gasteiger partial charge is 0.462 e. The van der Waals surface area contributed by atoms with E-state index >= 15 is 0 Å². The third-order valence-electron chi connectivity index (χ3n) is 4.04. The lowest BCUT2D eigenvalue weighted by atomic mass is 10.1. The van der Waals surface area contributed by atoms with E-state index < -0.39 is 0 Å². The van der Waals surface area contributed by atoms with Crippen molar-refractivity contribution < 1.29 is 19.1 Å². The average Bonchev–Trinajstić information content (AvgIpc) is 2.46. The Balaban J connectivity index is 1.73. The molecular weight excluding hydrogens is 196 g/mol. The van der Waals surface area contributed by atoms with Gasteiger partial charge in [-0.15, -0.1) is 0 Å². The van der Waals surface area contributed by atoms with Gasteiger partial charge in [-0.05, 0) is 12.3 Å². The summed E-state index contributed by atoms with van der Waals surface area (Å²) in [6.45, 7) is 2.88. The van der Waals surface area contributed by atoms with Crippen molar-refractivity contribution in [3.8, 4) is 0 Å². The maximum absolute atomic E-state index is 10.9. The van der Waals surface area contributed by atoms with E-state index in [0.717, 1.165) is 6.42 Å². The molecule has 0 aromatic rings. The van der Waals surface area contributed by atoms with Crippen molar-refractivity contribution in [3.63, 3.8) is 0 Å². The Morgan fingerprint density at radius 3 is 1.73 bits per heavy atom. The minimum Gasteiger partial charge on any atom is -0.462 e. The van der Waals surface area contributed by atoms with Crippen molar-refractivity contribution in [1.29, 1.82) is 0 Å². The van der Waals surface area contributed by atoms with Gasteiger partial charge in [0, 0.05) is 31.6 Å². The molecule has 4 aliphatic carbocycles. The molecule has 4 fully saturated rings. The predicted molar refractivity (Wildman–Crippen MR) is 49.7 cm³/mol. The third kappa shape index (κ3) is 1.13. The van der Waals surface area contributed by atoms with Crippen molar-refractivity contribution in [2.24, 2.45) is 23.7 Å². The van der Waals surface area contributed by atoms with Crippen molar-refractivity contribution in [1.82, 2.24) is 0 Å². The van der Waals surface area contributed by atoms with E-state index in [1.165, 1.54) is 13.8 Å². The molecule has 0 radical (unpaired) electrons. The van der Waals surface area contributed by atoms with E-state index in [1.807, 2.05) is 0 Å². The highest BCUT2D eigenvalue weighted by Gasteiger charge is 2.76. The first-order valence-electron chi connectivity index (χ1n) is 5.44. The highest BCUT2D eigenvalue weighted by molar-refractivity contribution is 5.67. The molecule has 15 heavy (non-hydrogen) atoms. The molecule has 0 spiro atoms. The van der Waals surface area contributed by atoms with Crippen LogP contribution in [0.2, 0.25) is 0 Å². The fourth-order valence-electron chi connectivity index (χ4n) is 3.72. The maximum atomic E-state index is 10.9. The average molecular weight is 210 g/mol. The van der Waals surface area contributed by atoms with Gasteiger partial charge in [-0.1, -0.05) is 0 Å². The Bertz CT molecular complexity index is 307. The second kappa shape index (κ2) is 2.74. The zero-order chi connectivity index (χ0) is 10.7. The zero-order valence-corrected chi connectivity index (χ0v) is 8.80. The molecule has 4 bridgehead atoms. The zero-order valence-electron chi connectivity index (χ0n) is 8.80. The standard InChI is InChI=1S/C11H14O4/c1-4(12)14-10-7-3-6-8(10)9(6)11(7)15-5(2)13/h6-11H,3H2,1-2H3/t6?,7?,8?,9?,10-,11-/m0/s1. The second-order valence-electron chi connectivity index (χ2n) is 4.87. The molecule has 82 valence electrons. The summed E-state index contributed by atoms with van der Waals surface area (Å²) in [6, 6.07) is 0. The molecule has 0 aromatic heterocycles. The van der Waals surface area contributed by atoms with E-state index in [9.17, 15) is 9.59 Å². The fraction of sp³-hybridized carbons (Fsp3) is 0.818. The van der Waals surface area contributed by atoms with Gasteiger partial charge in [0.25, 0.3) is 0 Å². The summed E-state index contributed by atoms with van der Waals surface area (Å²) in [5.41, 5.74) is 0. The van der Waals surface area contributed by atoms with Gasteiger partial charge in [-0.25, -0.2) is 0 Å². The number of rotatable bonds is 2. The molecule has 0 aliphatic heterocycles. The van der Waals surface area contributed by atoms with Crippen LogP contribution in [0.5, 0.6) is 0 Å². The van der Waals surface area contributed by atoms with Crippen molar-refractivity contribution in [2.75, 3.05) is 0 Å². The van der Waals surface area contributed by atoms with E-state index in [1.54, 1.807) is 0 Å². The lowest BCUT2D eigenvalue weighted by Crippen LogP contribution is -2.28. The van der Waals surface area contributed by atoms with Crippen LogP contribution in [0.25, 0.3) is 0 Å². The van der Waals surface area contributed by atoms with Gasteiger partial charge in [0.15, 0.2) is 0 Å². The minimum absolute atomic E-state index is 0.0156. The monoisotopic (exact) mass is 210 g/mol. The second-order valence-corrected chi connectivity index (χ2v) is 4.87. The molecule has 0 heterocycles. The molecule has 0 saturated heterocycles. The summed E-state index contributed by atoms with van der Waals surface area (Å²) in [5.74, 6) is 1.41. The molecule has 0 N–H and O–H groups in total. The van der Waals surface area contributed by atoms with Crippen LogP contribution in [0, 0.1) is 23.7 Å². The maximum Gasteiger partial charge on any atom is 0.302 e. The molecule has 4 saturated carbocycles. The normalized spacial score (nSPS) is 48.9. The summed E-state index contributed by atoms with van der Waals surface area (Å²) in [7, 11) is 0. The molecule has 0 amide bonds. The first-order valence-corrected chi connectivity index (χ1v) is 5.44. The molecule has 0 aromatic carbocycles. The lowest BCUT2D eigenvalue weighted by molar-refractivity contribution is -0.153. The Kier molecular flexibility index (Phi) is 1.68. The number of ether oxygens (including phenoxy) is 2. The highest BCUT2D eigenvalue weighted by Crippen LogP contribution is 2.72. The summed E-state index contributed by atoms with van der Waals surface area (Å²) in [4.78, 5) is 21.9. The number of hydrogen-bond donors (Lipinski definition) is 0. The molecule has 4 rings (SSSR count). The lowest BCUT2D eigenvalue weighted by Gasteiger charge is -2.19. The van der Waals surface area contributed by atoms with Crippen LogP contribution in [0.3, 0.4) is 0 Å². The minimum atomic E-state index is -0.222. The SMILES string of the molecule is CC(=O)O[C@@H]1C2C3CC1[C@H](OC(C)=O)C32. The van der Waals surface area contributed by atoms with Crippen molar-refractivity contribution >= 4 is 11.9 Å². The van der Waals surface area contributed by atoms with Crippen LogP contribution in [0.4, 0.5) is 0 Å². The summed E-state index contributed by atoms with van der Waals surface area (Å²) in [5, 5.41) is 0. The van der Waals surface area contributed by atoms with Gasteiger partial charge in [0.1, 0.15) is 12.2 Å². The molecule has 4 atom stereocenters. The van der Waals surface area contributed by atoms with Gasteiger partial charge in [-0.2, -0.15) is 0 Å². The Labute approximate surface area is 87.9 Å². The van der Waals surface area contributed by atoms with Crippen molar-refractivity contribution in [2.45, 2.75) is 32.5 Å². The summed E-state index contributed by atoms with van der Waals surface area (Å²) >= 11 is 0. The molecule has 4 nitrogen and oxygen atoms in total. The smallest absolute Gasteiger partial charge is 0.302 e. The van der Waals surface area contributed by atoms with Crippen LogP contribution in [0.15, 0.2) is 0 Å². The third-order valence-corrected chi connectivity index (χ3v) is 4.04. The number of carbonyl (C=O) groups excluding carboxylic acids is 2. The van der Waals surface area contributed by atoms with Gasteiger partial charge in [-0.3, -0.25) is 9.59 Å². The first kappa shape index (κ1) is 9.19. The van der Waals surface area contributed by atoms with Gasteiger partial charge in [0.2, 0.25) is 0 Å². The summed E-state index contributed by atoms with van der Waals surface area (Å²) < 4.78 is 10.6. The molecular formula is C11H14O4. The molecule has 4 aliphatic rings. The van der Waals surface area contributed by atoms with Crippen molar-refractivity contribution in [3.05, 3.63) is 0 Å². The highest BCUT2D eigenvalue weighted by atomic mass is 16.6. The van der Waals surface area contributed by atoms with Gasteiger partial charge in [0.05, 0.1) is 0 Å². The van der Waals surface area contributed by atoms with Gasteiger partial charge < -0.3 is 9.47 Å². The van der Waals surface area contributed by atoms with Crippen LogP contribution in [-0.2, 0) is 19.1 Å². The predicted octanol–water partition coefficient (Wildman–Crippen LogP) is 0.746. The Hall–Kier alpha value is -1.06. The summed E-state index contributed by atoms with van der Waals surface area (Å²) in [6.07, 6.45) is 1.09. The van der Waals surface area contributed by atoms with Crippen LogP contribution in [0.1, 0.15) is 20.3 Å². The van der Waals surface area contributed by atoms with Crippen LogP contribution in [-0.4, -0.2) is 24.1 Å². The quantitative estimate of drug-likeness (QED) is 0.631. The number of esters is 2.